The quantitative estimate of drug-likeness (QED) is 0.828. The number of hydrogen-bond donors (Lipinski definition) is 1. The van der Waals surface area contributed by atoms with Crippen molar-refractivity contribution in [3.05, 3.63) is 33.8 Å². The molecule has 1 aromatic carbocycles. The summed E-state index contributed by atoms with van der Waals surface area (Å²) in [4.78, 5) is 0. The Kier molecular flexibility index (Phi) is 3.72. The summed E-state index contributed by atoms with van der Waals surface area (Å²) in [5.41, 5.74) is 4.39. The van der Waals surface area contributed by atoms with Gasteiger partial charge >= 0.3 is 6.18 Å². The van der Waals surface area contributed by atoms with Crippen LogP contribution in [0.25, 0.3) is 0 Å². The van der Waals surface area contributed by atoms with Gasteiger partial charge in [-0.05, 0) is 12.1 Å². The van der Waals surface area contributed by atoms with Crippen LogP contribution in [0.4, 0.5) is 17.6 Å². The average molecular weight is 286 g/mol. The van der Waals surface area contributed by atoms with Crippen LogP contribution in [0.3, 0.4) is 0 Å². The summed E-state index contributed by atoms with van der Waals surface area (Å²) < 4.78 is 49.9. The first-order chi connectivity index (χ1) is 6.86. The summed E-state index contributed by atoms with van der Waals surface area (Å²) in [5, 5.41) is 0. The molecule has 0 aromatic heterocycles. The van der Waals surface area contributed by atoms with E-state index in [0.717, 1.165) is 18.2 Å². The molecule has 0 spiro atoms. The fraction of sp³-hybridized carbons (Fsp3) is 0.333. The van der Waals surface area contributed by atoms with Gasteiger partial charge in [0.25, 0.3) is 0 Å². The molecule has 0 fully saturated rings. The molecule has 0 saturated carbocycles. The number of benzene rings is 1. The molecule has 1 atom stereocenters. The smallest absolute Gasteiger partial charge is 0.327 e. The SMILES string of the molecule is NCC(F)c1ccc(C(F)(F)F)cc1Br. The van der Waals surface area contributed by atoms with E-state index in [1.54, 1.807) is 0 Å². The van der Waals surface area contributed by atoms with Gasteiger partial charge in [0, 0.05) is 16.6 Å². The lowest BCUT2D eigenvalue weighted by Gasteiger charge is -2.11. The Hall–Kier alpha value is -0.620. The van der Waals surface area contributed by atoms with E-state index in [1.165, 1.54) is 0 Å². The molecule has 0 amide bonds. The maximum Gasteiger partial charge on any atom is 0.416 e. The first-order valence-corrected chi connectivity index (χ1v) is 4.86. The molecule has 1 aromatic rings. The molecule has 0 radical (unpaired) electrons. The standard InChI is InChI=1S/C9H8BrF4N/c10-7-3-5(9(12,13)14)1-2-6(7)8(11)4-15/h1-3,8H,4,15H2. The highest BCUT2D eigenvalue weighted by Gasteiger charge is 2.31. The van der Waals surface area contributed by atoms with Gasteiger partial charge in [-0.1, -0.05) is 22.0 Å². The van der Waals surface area contributed by atoms with Crippen molar-refractivity contribution in [3.63, 3.8) is 0 Å². The minimum atomic E-state index is -4.42. The summed E-state index contributed by atoms with van der Waals surface area (Å²) in [6.07, 6.45) is -5.88. The van der Waals surface area contributed by atoms with Crippen LogP contribution < -0.4 is 5.73 Å². The first kappa shape index (κ1) is 12.4. The minimum absolute atomic E-state index is 0.0790. The molecular formula is C9H8BrF4N. The Morgan fingerprint density at radius 2 is 1.93 bits per heavy atom. The number of rotatable bonds is 2. The predicted octanol–water partition coefficient (Wildman–Crippen LogP) is 3.44. The average Bonchev–Trinajstić information content (AvgIpc) is 2.15. The van der Waals surface area contributed by atoms with Crippen molar-refractivity contribution in [2.75, 3.05) is 6.54 Å². The third kappa shape index (κ3) is 2.92. The zero-order valence-electron chi connectivity index (χ0n) is 7.48. The molecule has 6 heteroatoms. The van der Waals surface area contributed by atoms with Gasteiger partial charge in [-0.2, -0.15) is 13.2 Å². The Bertz CT molecular complexity index is 350. The third-order valence-corrected chi connectivity index (χ3v) is 2.56. The summed E-state index contributed by atoms with van der Waals surface area (Å²) in [5.74, 6) is 0. The van der Waals surface area contributed by atoms with Gasteiger partial charge in [0.2, 0.25) is 0 Å². The van der Waals surface area contributed by atoms with E-state index >= 15 is 0 Å². The van der Waals surface area contributed by atoms with Gasteiger partial charge in [0.15, 0.2) is 0 Å². The van der Waals surface area contributed by atoms with Crippen LogP contribution in [0, 0.1) is 0 Å². The van der Waals surface area contributed by atoms with E-state index in [9.17, 15) is 17.6 Å². The minimum Gasteiger partial charge on any atom is -0.327 e. The van der Waals surface area contributed by atoms with E-state index in [-0.39, 0.29) is 16.6 Å². The molecule has 0 aliphatic rings. The Balaban J connectivity index is 3.09. The molecule has 15 heavy (non-hydrogen) atoms. The van der Waals surface area contributed by atoms with Crippen molar-refractivity contribution in [1.82, 2.24) is 0 Å². The van der Waals surface area contributed by atoms with Crippen molar-refractivity contribution in [2.24, 2.45) is 5.73 Å². The first-order valence-electron chi connectivity index (χ1n) is 4.07. The molecule has 2 N–H and O–H groups in total. The van der Waals surface area contributed by atoms with Gasteiger partial charge in [0.05, 0.1) is 5.56 Å². The van der Waals surface area contributed by atoms with Gasteiger partial charge < -0.3 is 5.73 Å². The van der Waals surface area contributed by atoms with Crippen molar-refractivity contribution in [1.29, 1.82) is 0 Å². The van der Waals surface area contributed by atoms with Crippen LogP contribution in [-0.4, -0.2) is 6.54 Å². The highest BCUT2D eigenvalue weighted by atomic mass is 79.9. The molecule has 0 saturated heterocycles. The molecule has 0 aliphatic heterocycles. The second-order valence-corrected chi connectivity index (χ2v) is 3.79. The Labute approximate surface area is 92.4 Å². The highest BCUT2D eigenvalue weighted by molar-refractivity contribution is 9.10. The van der Waals surface area contributed by atoms with Crippen LogP contribution in [0.2, 0.25) is 0 Å². The third-order valence-electron chi connectivity index (χ3n) is 1.87. The van der Waals surface area contributed by atoms with E-state index in [2.05, 4.69) is 15.9 Å². The molecule has 84 valence electrons. The molecule has 0 aliphatic carbocycles. The number of halogens is 5. The van der Waals surface area contributed by atoms with Gasteiger partial charge in [0.1, 0.15) is 6.17 Å². The topological polar surface area (TPSA) is 26.0 Å². The Morgan fingerprint density at radius 1 is 1.33 bits per heavy atom. The van der Waals surface area contributed by atoms with E-state index < -0.39 is 17.9 Å². The molecule has 1 nitrogen and oxygen atoms in total. The van der Waals surface area contributed by atoms with E-state index in [0.29, 0.717) is 0 Å². The van der Waals surface area contributed by atoms with Crippen LogP contribution in [0.15, 0.2) is 22.7 Å². The van der Waals surface area contributed by atoms with Crippen molar-refractivity contribution >= 4 is 15.9 Å². The fourth-order valence-electron chi connectivity index (χ4n) is 1.08. The maximum absolute atomic E-state index is 13.1. The zero-order chi connectivity index (χ0) is 11.6. The molecular weight excluding hydrogens is 278 g/mol. The summed E-state index contributed by atoms with van der Waals surface area (Å²) in [7, 11) is 0. The van der Waals surface area contributed by atoms with E-state index in [4.69, 9.17) is 5.73 Å². The lowest BCUT2D eigenvalue weighted by molar-refractivity contribution is -0.137. The Morgan fingerprint density at radius 3 is 2.33 bits per heavy atom. The molecule has 1 rings (SSSR count). The molecule has 0 bridgehead atoms. The summed E-state index contributed by atoms with van der Waals surface area (Å²) >= 11 is 2.89. The van der Waals surface area contributed by atoms with Gasteiger partial charge in [-0.15, -0.1) is 0 Å². The maximum atomic E-state index is 13.1. The second-order valence-electron chi connectivity index (χ2n) is 2.94. The van der Waals surface area contributed by atoms with Crippen molar-refractivity contribution in [2.45, 2.75) is 12.3 Å². The predicted molar refractivity (Wildman–Crippen MR) is 52.0 cm³/mol. The highest BCUT2D eigenvalue weighted by Crippen LogP contribution is 2.34. The summed E-state index contributed by atoms with van der Waals surface area (Å²) in [6.45, 7) is -0.260. The lowest BCUT2D eigenvalue weighted by Crippen LogP contribution is -2.10. The second kappa shape index (κ2) is 4.49. The van der Waals surface area contributed by atoms with Gasteiger partial charge in [-0.25, -0.2) is 4.39 Å². The van der Waals surface area contributed by atoms with Gasteiger partial charge in [-0.3, -0.25) is 0 Å². The normalized spacial score (nSPS) is 14.0. The number of nitrogens with two attached hydrogens (primary N) is 1. The number of alkyl halides is 4. The van der Waals surface area contributed by atoms with Crippen molar-refractivity contribution < 1.29 is 17.6 Å². The molecule has 1 unspecified atom stereocenters. The zero-order valence-corrected chi connectivity index (χ0v) is 9.07. The molecule has 0 heterocycles. The van der Waals surface area contributed by atoms with Crippen LogP contribution in [-0.2, 0) is 6.18 Å². The number of hydrogen-bond acceptors (Lipinski definition) is 1. The largest absolute Gasteiger partial charge is 0.416 e. The van der Waals surface area contributed by atoms with Crippen LogP contribution in [0.5, 0.6) is 0 Å². The lowest BCUT2D eigenvalue weighted by atomic mass is 10.1. The van der Waals surface area contributed by atoms with Crippen molar-refractivity contribution in [3.8, 4) is 0 Å². The summed E-state index contributed by atoms with van der Waals surface area (Å²) in [6, 6.07) is 2.77. The van der Waals surface area contributed by atoms with Crippen LogP contribution in [0.1, 0.15) is 17.3 Å². The van der Waals surface area contributed by atoms with Crippen LogP contribution >= 0.6 is 15.9 Å². The fourth-order valence-corrected chi connectivity index (χ4v) is 1.71. The van der Waals surface area contributed by atoms with E-state index in [1.807, 2.05) is 0 Å². The monoisotopic (exact) mass is 285 g/mol.